The van der Waals surface area contributed by atoms with Crippen LogP contribution in [0.4, 0.5) is 11.4 Å². The third-order valence-corrected chi connectivity index (χ3v) is 2.63. The van der Waals surface area contributed by atoms with Gasteiger partial charge in [0.1, 0.15) is 6.10 Å². The largest absolute Gasteiger partial charge is 0.397 e. The van der Waals surface area contributed by atoms with Crippen LogP contribution < -0.4 is 16.8 Å². The quantitative estimate of drug-likeness (QED) is 0.464. The Hall–Kier alpha value is -1.79. The molecule has 2 atom stereocenters. The monoisotopic (exact) mass is 253 g/mol. The number of aliphatic hydroxyl groups is 2. The van der Waals surface area contributed by atoms with E-state index in [1.165, 1.54) is 13.0 Å². The molecule has 7 N–H and O–H groups in total. The van der Waals surface area contributed by atoms with E-state index >= 15 is 0 Å². The zero-order valence-corrected chi connectivity index (χ0v) is 10.3. The smallest absolute Gasteiger partial charge is 0.216 e. The molecule has 1 aromatic carbocycles. The van der Waals surface area contributed by atoms with Gasteiger partial charge in [-0.3, -0.25) is 4.79 Å². The molecule has 6 nitrogen and oxygen atoms in total. The van der Waals surface area contributed by atoms with Crippen LogP contribution >= 0.6 is 0 Å². The minimum absolute atomic E-state index is 0.173. The summed E-state index contributed by atoms with van der Waals surface area (Å²) in [5.74, 6) is -0.173. The van der Waals surface area contributed by atoms with Crippen LogP contribution in [0.25, 0.3) is 0 Å². The second-order valence-corrected chi connectivity index (χ2v) is 4.17. The van der Waals surface area contributed by atoms with Crippen LogP contribution in [0.3, 0.4) is 0 Å². The van der Waals surface area contributed by atoms with E-state index in [0.29, 0.717) is 23.5 Å². The summed E-state index contributed by atoms with van der Waals surface area (Å²) in [5.41, 5.74) is 12.5. The molecular weight excluding hydrogens is 234 g/mol. The van der Waals surface area contributed by atoms with Gasteiger partial charge in [-0.25, -0.2) is 0 Å². The van der Waals surface area contributed by atoms with Crippen LogP contribution in [-0.2, 0) is 4.79 Å². The molecule has 0 radical (unpaired) electrons. The number of hydrogen-bond acceptors (Lipinski definition) is 5. The van der Waals surface area contributed by atoms with Gasteiger partial charge >= 0.3 is 0 Å². The maximum Gasteiger partial charge on any atom is 0.216 e. The van der Waals surface area contributed by atoms with E-state index in [0.717, 1.165) is 0 Å². The normalized spacial score (nSPS) is 13.9. The first-order valence-corrected chi connectivity index (χ1v) is 5.67. The lowest BCUT2D eigenvalue weighted by atomic mass is 10.0. The molecular formula is C12H19N3O3. The van der Waals surface area contributed by atoms with Crippen LogP contribution in [0.1, 0.15) is 25.0 Å². The van der Waals surface area contributed by atoms with Crippen molar-refractivity contribution in [2.45, 2.75) is 25.6 Å². The lowest BCUT2D eigenvalue weighted by molar-refractivity contribution is -0.119. The Morgan fingerprint density at radius 1 is 1.33 bits per heavy atom. The van der Waals surface area contributed by atoms with Gasteiger partial charge in [0.05, 0.1) is 17.5 Å². The maximum absolute atomic E-state index is 10.7. The number of nitrogens with two attached hydrogens (primary N) is 2. The van der Waals surface area contributed by atoms with Crippen LogP contribution in [0.15, 0.2) is 18.2 Å². The highest BCUT2D eigenvalue weighted by molar-refractivity contribution is 5.72. The van der Waals surface area contributed by atoms with Crippen LogP contribution in [-0.4, -0.2) is 28.8 Å². The summed E-state index contributed by atoms with van der Waals surface area (Å²) in [5, 5.41) is 22.2. The first kappa shape index (κ1) is 14.3. The minimum Gasteiger partial charge on any atom is -0.397 e. The number of aliphatic hydroxyl groups excluding tert-OH is 2. The SMILES string of the molecule is CC(=O)NCCC(O)C(O)c1ccc(N)c(N)c1. The van der Waals surface area contributed by atoms with Crippen molar-refractivity contribution in [2.24, 2.45) is 0 Å². The number of nitrogen functional groups attached to an aromatic ring is 2. The molecule has 0 saturated carbocycles. The van der Waals surface area contributed by atoms with E-state index in [-0.39, 0.29) is 12.3 Å². The van der Waals surface area contributed by atoms with Gasteiger partial charge in [0, 0.05) is 13.5 Å². The maximum atomic E-state index is 10.7. The molecule has 2 unspecified atom stereocenters. The molecule has 1 rings (SSSR count). The molecule has 0 aliphatic heterocycles. The fourth-order valence-corrected chi connectivity index (χ4v) is 1.55. The molecule has 0 spiro atoms. The summed E-state index contributed by atoms with van der Waals surface area (Å²) in [6.07, 6.45) is -1.77. The Morgan fingerprint density at radius 3 is 2.56 bits per heavy atom. The average molecular weight is 253 g/mol. The average Bonchev–Trinajstić information content (AvgIpc) is 2.31. The van der Waals surface area contributed by atoms with Gasteiger partial charge in [-0.05, 0) is 24.1 Å². The van der Waals surface area contributed by atoms with Gasteiger partial charge in [0.25, 0.3) is 0 Å². The summed E-state index contributed by atoms with van der Waals surface area (Å²) >= 11 is 0. The first-order valence-electron chi connectivity index (χ1n) is 5.67. The van der Waals surface area contributed by atoms with E-state index in [1.54, 1.807) is 12.1 Å². The Balaban J connectivity index is 2.59. The summed E-state index contributed by atoms with van der Waals surface area (Å²) in [4.78, 5) is 10.7. The number of hydrogen-bond donors (Lipinski definition) is 5. The minimum atomic E-state index is -1.05. The van der Waals surface area contributed by atoms with Gasteiger partial charge in [0.2, 0.25) is 5.91 Å². The highest BCUT2D eigenvalue weighted by Crippen LogP contribution is 2.24. The molecule has 100 valence electrons. The number of benzene rings is 1. The number of carbonyl (C=O) groups excluding carboxylic acids is 1. The number of amides is 1. The second kappa shape index (κ2) is 6.23. The topological polar surface area (TPSA) is 122 Å². The molecule has 6 heteroatoms. The Morgan fingerprint density at radius 2 is 2.00 bits per heavy atom. The number of rotatable bonds is 5. The number of anilines is 2. The summed E-state index contributed by atoms with van der Waals surface area (Å²) in [7, 11) is 0. The lowest BCUT2D eigenvalue weighted by Crippen LogP contribution is -2.27. The van der Waals surface area contributed by atoms with Crippen molar-refractivity contribution in [1.82, 2.24) is 5.32 Å². The van der Waals surface area contributed by atoms with Gasteiger partial charge in [-0.15, -0.1) is 0 Å². The van der Waals surface area contributed by atoms with E-state index in [9.17, 15) is 15.0 Å². The van der Waals surface area contributed by atoms with Gasteiger partial charge < -0.3 is 27.0 Å². The van der Waals surface area contributed by atoms with E-state index in [4.69, 9.17) is 11.5 Å². The molecule has 0 fully saturated rings. The predicted octanol–water partition coefficient (Wildman–Crippen LogP) is -0.229. The number of nitrogens with one attached hydrogen (secondary N) is 1. The molecule has 1 aromatic rings. The van der Waals surface area contributed by atoms with Crippen molar-refractivity contribution in [3.8, 4) is 0 Å². The van der Waals surface area contributed by atoms with Gasteiger partial charge in [-0.1, -0.05) is 6.07 Å². The molecule has 1 amide bonds. The zero-order chi connectivity index (χ0) is 13.7. The molecule has 18 heavy (non-hydrogen) atoms. The zero-order valence-electron chi connectivity index (χ0n) is 10.3. The molecule has 0 bridgehead atoms. The molecule has 0 saturated heterocycles. The fraction of sp³-hybridized carbons (Fsp3) is 0.417. The summed E-state index contributed by atoms with van der Waals surface area (Å²) < 4.78 is 0. The van der Waals surface area contributed by atoms with Crippen LogP contribution in [0.2, 0.25) is 0 Å². The molecule has 0 aromatic heterocycles. The van der Waals surface area contributed by atoms with Crippen molar-refractivity contribution < 1.29 is 15.0 Å². The van der Waals surface area contributed by atoms with E-state index in [1.807, 2.05) is 0 Å². The third kappa shape index (κ3) is 3.90. The Labute approximate surface area is 106 Å². The van der Waals surface area contributed by atoms with Gasteiger partial charge in [-0.2, -0.15) is 0 Å². The fourth-order valence-electron chi connectivity index (χ4n) is 1.55. The Bertz CT molecular complexity index is 423. The number of carbonyl (C=O) groups is 1. The Kier molecular flexibility index (Phi) is 4.94. The van der Waals surface area contributed by atoms with Crippen LogP contribution in [0.5, 0.6) is 0 Å². The molecule has 0 heterocycles. The summed E-state index contributed by atoms with van der Waals surface area (Å²) in [6.45, 7) is 1.70. The van der Waals surface area contributed by atoms with Gasteiger partial charge in [0.15, 0.2) is 0 Å². The van der Waals surface area contributed by atoms with Crippen molar-refractivity contribution in [1.29, 1.82) is 0 Å². The van der Waals surface area contributed by atoms with Crippen molar-refractivity contribution in [3.05, 3.63) is 23.8 Å². The molecule has 0 aliphatic rings. The van der Waals surface area contributed by atoms with Crippen molar-refractivity contribution >= 4 is 17.3 Å². The standard InChI is InChI=1S/C12H19N3O3/c1-7(16)15-5-4-11(17)12(18)8-2-3-9(13)10(14)6-8/h2-3,6,11-12,17-18H,4-5,13-14H2,1H3,(H,15,16). The van der Waals surface area contributed by atoms with Crippen molar-refractivity contribution in [3.63, 3.8) is 0 Å². The van der Waals surface area contributed by atoms with Crippen LogP contribution in [0, 0.1) is 0 Å². The van der Waals surface area contributed by atoms with Crippen molar-refractivity contribution in [2.75, 3.05) is 18.0 Å². The highest BCUT2D eigenvalue weighted by atomic mass is 16.3. The molecule has 0 aliphatic carbocycles. The lowest BCUT2D eigenvalue weighted by Gasteiger charge is -2.19. The highest BCUT2D eigenvalue weighted by Gasteiger charge is 2.18. The third-order valence-electron chi connectivity index (χ3n) is 2.63. The first-order chi connectivity index (χ1) is 8.41. The van der Waals surface area contributed by atoms with E-state index < -0.39 is 12.2 Å². The van der Waals surface area contributed by atoms with E-state index in [2.05, 4.69) is 5.32 Å². The predicted molar refractivity (Wildman–Crippen MR) is 69.5 cm³/mol. The second-order valence-electron chi connectivity index (χ2n) is 4.17. The summed E-state index contributed by atoms with van der Waals surface area (Å²) in [6, 6.07) is 4.72.